The molecule has 1 atom stereocenters. The van der Waals surface area contributed by atoms with Crippen molar-refractivity contribution in [1.82, 2.24) is 0 Å². The summed E-state index contributed by atoms with van der Waals surface area (Å²) in [6.07, 6.45) is -0.978. The van der Waals surface area contributed by atoms with Crippen LogP contribution in [0.15, 0.2) is 36.4 Å². The number of hydrogen-bond acceptors (Lipinski definition) is 5. The number of hydrogen-bond donors (Lipinski definition) is 1. The molecule has 0 aliphatic carbocycles. The van der Waals surface area contributed by atoms with E-state index in [0.29, 0.717) is 32.8 Å². The summed E-state index contributed by atoms with van der Waals surface area (Å²) in [5, 5.41) is 3.42. The molecule has 136 valence electrons. The molecule has 0 aromatic heterocycles. The lowest BCUT2D eigenvalue weighted by Gasteiger charge is -2.14. The Balaban J connectivity index is 1.54. The van der Waals surface area contributed by atoms with Crippen LogP contribution in [0.5, 0.6) is 11.5 Å². The Morgan fingerprint density at radius 2 is 1.88 bits per heavy atom. The molecule has 1 amide bonds. The molecule has 0 saturated carbocycles. The minimum atomic E-state index is -0.962. The van der Waals surface area contributed by atoms with Crippen LogP contribution < -0.4 is 14.8 Å². The Morgan fingerprint density at radius 1 is 1.12 bits per heavy atom. The van der Waals surface area contributed by atoms with E-state index in [2.05, 4.69) is 5.32 Å². The van der Waals surface area contributed by atoms with Crippen LogP contribution in [0, 0.1) is 0 Å². The highest BCUT2D eigenvalue weighted by atomic mass is 35.5. The molecule has 1 N–H and O–H groups in total. The molecular weight excluding hydrogens is 381 g/mol. The Labute approximate surface area is 159 Å². The van der Waals surface area contributed by atoms with E-state index >= 15 is 0 Å². The molecule has 1 aliphatic rings. The standard InChI is InChI=1S/C18H15Cl2NO5/c1-10(26-17(22)7-11-2-4-13(19)14(20)6-11)18(23)21-12-3-5-15-16(8-12)25-9-24-15/h2-6,8,10H,7,9H2,1H3,(H,21,23)/t10-/m1/s1. The molecule has 2 aromatic carbocycles. The van der Waals surface area contributed by atoms with E-state index in [1.807, 2.05) is 0 Å². The van der Waals surface area contributed by atoms with Crippen molar-refractivity contribution in [3.05, 3.63) is 52.0 Å². The highest BCUT2D eigenvalue weighted by Crippen LogP contribution is 2.34. The molecular formula is C18H15Cl2NO5. The minimum Gasteiger partial charge on any atom is -0.454 e. The third-order valence-electron chi connectivity index (χ3n) is 3.65. The maximum atomic E-state index is 12.2. The van der Waals surface area contributed by atoms with Gasteiger partial charge in [-0.05, 0) is 36.8 Å². The largest absolute Gasteiger partial charge is 0.454 e. The van der Waals surface area contributed by atoms with Gasteiger partial charge in [-0.2, -0.15) is 0 Å². The third-order valence-corrected chi connectivity index (χ3v) is 4.39. The van der Waals surface area contributed by atoms with Gasteiger partial charge in [0.1, 0.15) is 0 Å². The number of esters is 1. The monoisotopic (exact) mass is 395 g/mol. The minimum absolute atomic E-state index is 0.0153. The summed E-state index contributed by atoms with van der Waals surface area (Å²) in [7, 11) is 0. The normalized spacial score (nSPS) is 13.2. The molecule has 26 heavy (non-hydrogen) atoms. The molecule has 1 heterocycles. The highest BCUT2D eigenvalue weighted by Gasteiger charge is 2.20. The highest BCUT2D eigenvalue weighted by molar-refractivity contribution is 6.42. The van der Waals surface area contributed by atoms with Crippen molar-refractivity contribution in [2.45, 2.75) is 19.4 Å². The number of carbonyl (C=O) groups excluding carboxylic acids is 2. The van der Waals surface area contributed by atoms with Gasteiger partial charge in [0.05, 0.1) is 16.5 Å². The van der Waals surface area contributed by atoms with Crippen LogP contribution in [0.4, 0.5) is 5.69 Å². The number of benzene rings is 2. The van der Waals surface area contributed by atoms with Crippen LogP contribution in [-0.2, 0) is 20.7 Å². The van der Waals surface area contributed by atoms with Gasteiger partial charge >= 0.3 is 5.97 Å². The first kappa shape index (κ1) is 18.4. The van der Waals surface area contributed by atoms with Crippen molar-refractivity contribution in [2.75, 3.05) is 12.1 Å². The first-order chi connectivity index (χ1) is 12.4. The Kier molecular flexibility index (Phi) is 5.54. The zero-order valence-electron chi connectivity index (χ0n) is 13.8. The van der Waals surface area contributed by atoms with Crippen molar-refractivity contribution in [1.29, 1.82) is 0 Å². The molecule has 6 nitrogen and oxygen atoms in total. The lowest BCUT2D eigenvalue weighted by Crippen LogP contribution is -2.30. The van der Waals surface area contributed by atoms with Gasteiger partial charge in [-0.15, -0.1) is 0 Å². The van der Waals surface area contributed by atoms with E-state index in [1.165, 1.54) is 6.92 Å². The molecule has 0 unspecified atom stereocenters. The molecule has 0 saturated heterocycles. The van der Waals surface area contributed by atoms with Gasteiger partial charge in [-0.3, -0.25) is 9.59 Å². The van der Waals surface area contributed by atoms with Crippen LogP contribution >= 0.6 is 23.2 Å². The van der Waals surface area contributed by atoms with Crippen molar-refractivity contribution in [3.8, 4) is 11.5 Å². The summed E-state index contributed by atoms with van der Waals surface area (Å²) < 4.78 is 15.6. The quantitative estimate of drug-likeness (QED) is 0.778. The van der Waals surface area contributed by atoms with Crippen LogP contribution in [0.3, 0.4) is 0 Å². The topological polar surface area (TPSA) is 73.9 Å². The number of rotatable bonds is 5. The van der Waals surface area contributed by atoms with Crippen LogP contribution in [-0.4, -0.2) is 24.8 Å². The number of fused-ring (bicyclic) bond motifs is 1. The second-order valence-corrected chi connectivity index (χ2v) is 6.43. The maximum absolute atomic E-state index is 12.2. The number of anilines is 1. The van der Waals surface area contributed by atoms with E-state index in [9.17, 15) is 9.59 Å². The summed E-state index contributed by atoms with van der Waals surface area (Å²) in [6, 6.07) is 9.87. The smallest absolute Gasteiger partial charge is 0.311 e. The first-order valence-corrected chi connectivity index (χ1v) is 8.52. The third kappa shape index (κ3) is 4.39. The number of nitrogens with one attached hydrogen (secondary N) is 1. The molecule has 0 fully saturated rings. The van der Waals surface area contributed by atoms with Gasteiger partial charge in [0.15, 0.2) is 17.6 Å². The van der Waals surface area contributed by atoms with E-state index in [4.69, 9.17) is 37.4 Å². The number of halogens is 2. The lowest BCUT2D eigenvalue weighted by atomic mass is 10.1. The maximum Gasteiger partial charge on any atom is 0.311 e. The Hall–Kier alpha value is -2.44. The first-order valence-electron chi connectivity index (χ1n) is 7.76. The van der Waals surface area contributed by atoms with Crippen molar-refractivity contribution in [2.24, 2.45) is 0 Å². The average molecular weight is 396 g/mol. The molecule has 1 aliphatic heterocycles. The molecule has 0 bridgehead atoms. The summed E-state index contributed by atoms with van der Waals surface area (Å²) in [5.74, 6) is 0.166. The fraction of sp³-hybridized carbons (Fsp3) is 0.222. The van der Waals surface area contributed by atoms with E-state index in [1.54, 1.807) is 36.4 Å². The summed E-state index contributed by atoms with van der Waals surface area (Å²) in [5.41, 5.74) is 1.17. The van der Waals surface area contributed by atoms with E-state index < -0.39 is 18.0 Å². The second kappa shape index (κ2) is 7.85. The van der Waals surface area contributed by atoms with Gasteiger partial charge in [0.25, 0.3) is 5.91 Å². The fourth-order valence-electron chi connectivity index (χ4n) is 2.33. The zero-order chi connectivity index (χ0) is 18.7. The Morgan fingerprint density at radius 3 is 2.65 bits per heavy atom. The van der Waals surface area contributed by atoms with Crippen LogP contribution in [0.2, 0.25) is 10.0 Å². The Bertz CT molecular complexity index is 855. The van der Waals surface area contributed by atoms with Gasteiger partial charge in [-0.1, -0.05) is 29.3 Å². The lowest BCUT2D eigenvalue weighted by molar-refractivity contribution is -0.152. The predicted octanol–water partition coefficient (Wildman–Crippen LogP) is 3.84. The van der Waals surface area contributed by atoms with Crippen molar-refractivity contribution < 1.29 is 23.8 Å². The van der Waals surface area contributed by atoms with E-state index in [0.717, 1.165) is 0 Å². The van der Waals surface area contributed by atoms with E-state index in [-0.39, 0.29) is 13.2 Å². The molecule has 2 aromatic rings. The number of amides is 1. The number of ether oxygens (including phenoxy) is 3. The second-order valence-electron chi connectivity index (χ2n) is 5.61. The van der Waals surface area contributed by atoms with Gasteiger partial charge in [0.2, 0.25) is 6.79 Å². The average Bonchev–Trinajstić information content (AvgIpc) is 3.05. The number of carbonyl (C=O) groups is 2. The van der Waals surface area contributed by atoms with Crippen LogP contribution in [0.25, 0.3) is 0 Å². The summed E-state index contributed by atoms with van der Waals surface area (Å²) >= 11 is 11.8. The molecule has 8 heteroatoms. The zero-order valence-corrected chi connectivity index (χ0v) is 15.3. The molecule has 0 radical (unpaired) electrons. The summed E-state index contributed by atoms with van der Waals surface area (Å²) in [6.45, 7) is 1.64. The SMILES string of the molecule is C[C@@H](OC(=O)Cc1ccc(Cl)c(Cl)c1)C(=O)Nc1ccc2c(c1)OCO2. The van der Waals surface area contributed by atoms with Crippen molar-refractivity contribution >= 4 is 40.8 Å². The van der Waals surface area contributed by atoms with Crippen molar-refractivity contribution in [3.63, 3.8) is 0 Å². The molecule has 3 rings (SSSR count). The van der Waals surface area contributed by atoms with Gasteiger partial charge in [0, 0.05) is 11.8 Å². The fourth-order valence-corrected chi connectivity index (χ4v) is 2.65. The van der Waals surface area contributed by atoms with Gasteiger partial charge in [-0.25, -0.2) is 0 Å². The summed E-state index contributed by atoms with van der Waals surface area (Å²) in [4.78, 5) is 24.2. The van der Waals surface area contributed by atoms with Gasteiger partial charge < -0.3 is 19.5 Å². The molecule has 0 spiro atoms. The van der Waals surface area contributed by atoms with Crippen LogP contribution in [0.1, 0.15) is 12.5 Å². The predicted molar refractivity (Wildman–Crippen MR) is 96.9 cm³/mol.